The van der Waals surface area contributed by atoms with Crippen molar-refractivity contribution in [2.24, 2.45) is 0 Å². The molecule has 0 aliphatic heterocycles. The van der Waals surface area contributed by atoms with Crippen LogP contribution in [0.15, 0.2) is 6.20 Å². The first kappa shape index (κ1) is 15.5. The summed E-state index contributed by atoms with van der Waals surface area (Å²) in [6.07, 6.45) is 7.11. The number of amides is 1. The maximum atomic E-state index is 12.4. The van der Waals surface area contributed by atoms with Gasteiger partial charge in [0.05, 0.1) is 12.1 Å². The molecule has 0 radical (unpaired) electrons. The Morgan fingerprint density at radius 3 is 2.71 bits per heavy atom. The summed E-state index contributed by atoms with van der Waals surface area (Å²) in [6.45, 7) is 2.81. The second-order valence-corrected chi connectivity index (χ2v) is 5.45. The average molecular weight is 294 g/mol. The normalized spacial score (nSPS) is 15.9. The van der Waals surface area contributed by atoms with Crippen LogP contribution in [0.5, 0.6) is 0 Å². The van der Waals surface area contributed by atoms with E-state index in [-0.39, 0.29) is 18.9 Å². The van der Waals surface area contributed by atoms with Crippen molar-refractivity contribution in [2.75, 3.05) is 6.54 Å². The lowest BCUT2D eigenvalue weighted by molar-refractivity contribution is -0.136. The Kier molecular flexibility index (Phi) is 5.30. The van der Waals surface area contributed by atoms with Gasteiger partial charge in [0.1, 0.15) is 6.54 Å². The number of hydrogen-bond acceptors (Lipinski definition) is 4. The summed E-state index contributed by atoms with van der Waals surface area (Å²) in [7, 11) is 0. The number of rotatable bonds is 6. The molecule has 1 amide bonds. The molecule has 7 heteroatoms. The summed E-state index contributed by atoms with van der Waals surface area (Å²) in [5, 5.41) is 16.3. The summed E-state index contributed by atoms with van der Waals surface area (Å²) in [6, 6.07) is 0.332. The van der Waals surface area contributed by atoms with Gasteiger partial charge in [-0.1, -0.05) is 24.5 Å². The van der Waals surface area contributed by atoms with E-state index in [1.54, 1.807) is 0 Å². The van der Waals surface area contributed by atoms with Crippen LogP contribution in [0.1, 0.15) is 44.7 Å². The van der Waals surface area contributed by atoms with E-state index in [9.17, 15) is 9.59 Å². The van der Waals surface area contributed by atoms with Crippen LogP contribution in [0.2, 0.25) is 0 Å². The van der Waals surface area contributed by atoms with Gasteiger partial charge < -0.3 is 10.0 Å². The Hall–Kier alpha value is -1.92. The third-order valence-corrected chi connectivity index (χ3v) is 3.89. The maximum Gasteiger partial charge on any atom is 0.309 e. The highest BCUT2D eigenvalue weighted by atomic mass is 16.4. The van der Waals surface area contributed by atoms with E-state index in [4.69, 9.17) is 5.11 Å². The van der Waals surface area contributed by atoms with E-state index in [1.165, 1.54) is 30.1 Å². The fourth-order valence-electron chi connectivity index (χ4n) is 2.91. The second kappa shape index (κ2) is 7.19. The van der Waals surface area contributed by atoms with Crippen molar-refractivity contribution in [3.8, 4) is 0 Å². The van der Waals surface area contributed by atoms with Crippen molar-refractivity contribution in [3.63, 3.8) is 0 Å². The largest absolute Gasteiger partial charge is 0.481 e. The highest BCUT2D eigenvalue weighted by Gasteiger charge is 2.24. The van der Waals surface area contributed by atoms with Crippen LogP contribution in [0, 0.1) is 0 Å². The fourth-order valence-corrected chi connectivity index (χ4v) is 2.91. The molecule has 1 aliphatic carbocycles. The zero-order valence-electron chi connectivity index (χ0n) is 12.4. The van der Waals surface area contributed by atoms with Gasteiger partial charge in [-0.05, 0) is 19.8 Å². The highest BCUT2D eigenvalue weighted by molar-refractivity contribution is 5.76. The summed E-state index contributed by atoms with van der Waals surface area (Å²) in [5.41, 5.74) is 0.371. The molecule has 7 nitrogen and oxygen atoms in total. The van der Waals surface area contributed by atoms with Crippen molar-refractivity contribution >= 4 is 11.9 Å². The lowest BCUT2D eigenvalue weighted by atomic mass is 9.94. The van der Waals surface area contributed by atoms with Crippen LogP contribution in [0.4, 0.5) is 0 Å². The Labute approximate surface area is 123 Å². The minimum absolute atomic E-state index is 0.0242. The van der Waals surface area contributed by atoms with Crippen LogP contribution < -0.4 is 0 Å². The average Bonchev–Trinajstić information content (AvgIpc) is 2.87. The van der Waals surface area contributed by atoms with Gasteiger partial charge in [0.15, 0.2) is 0 Å². The number of aliphatic carboxylic acids is 1. The topological polar surface area (TPSA) is 88.3 Å². The SMILES string of the molecule is CCN(C(=O)Cn1cc(CC(=O)O)nn1)C1CCCCC1. The van der Waals surface area contributed by atoms with Gasteiger partial charge in [-0.2, -0.15) is 0 Å². The number of carboxylic acid groups (broad SMARTS) is 1. The molecule has 1 saturated carbocycles. The van der Waals surface area contributed by atoms with Gasteiger partial charge in [-0.25, -0.2) is 4.68 Å². The number of hydrogen-bond donors (Lipinski definition) is 1. The molecule has 116 valence electrons. The molecule has 1 aromatic heterocycles. The third kappa shape index (κ3) is 4.27. The minimum atomic E-state index is -0.953. The molecule has 1 heterocycles. The third-order valence-electron chi connectivity index (χ3n) is 3.89. The minimum Gasteiger partial charge on any atom is -0.481 e. The lowest BCUT2D eigenvalue weighted by Gasteiger charge is -2.33. The van der Waals surface area contributed by atoms with E-state index >= 15 is 0 Å². The monoisotopic (exact) mass is 294 g/mol. The molecule has 1 fully saturated rings. The van der Waals surface area contributed by atoms with Crippen LogP contribution in [-0.4, -0.2) is 49.5 Å². The van der Waals surface area contributed by atoms with Crippen LogP contribution in [0.25, 0.3) is 0 Å². The molecule has 21 heavy (non-hydrogen) atoms. The van der Waals surface area contributed by atoms with Crippen molar-refractivity contribution in [3.05, 3.63) is 11.9 Å². The molecule has 1 aromatic rings. The Bertz CT molecular complexity index is 494. The number of carboxylic acids is 1. The Balaban J connectivity index is 1.95. The number of aromatic nitrogens is 3. The first-order chi connectivity index (χ1) is 10.1. The number of likely N-dealkylation sites (N-methyl/N-ethyl adjacent to an activating group) is 1. The van der Waals surface area contributed by atoms with Crippen molar-refractivity contribution in [2.45, 2.75) is 58.0 Å². The van der Waals surface area contributed by atoms with Crippen molar-refractivity contribution in [1.29, 1.82) is 0 Å². The van der Waals surface area contributed by atoms with E-state index in [1.807, 2.05) is 11.8 Å². The zero-order valence-corrected chi connectivity index (χ0v) is 12.4. The molecule has 0 saturated heterocycles. The number of carbonyl (C=O) groups excluding carboxylic acids is 1. The highest BCUT2D eigenvalue weighted by Crippen LogP contribution is 2.22. The predicted molar refractivity (Wildman–Crippen MR) is 75.6 cm³/mol. The molecule has 0 aromatic carbocycles. The first-order valence-electron chi connectivity index (χ1n) is 7.50. The summed E-state index contributed by atoms with van der Waals surface area (Å²) < 4.78 is 1.42. The molecule has 0 unspecified atom stereocenters. The summed E-state index contributed by atoms with van der Waals surface area (Å²) in [5.74, 6) is -0.929. The predicted octanol–water partition coefficient (Wildman–Crippen LogP) is 1.09. The van der Waals surface area contributed by atoms with E-state index < -0.39 is 5.97 Å². The molecule has 0 spiro atoms. The molecule has 0 atom stereocenters. The van der Waals surface area contributed by atoms with Crippen LogP contribution in [-0.2, 0) is 22.6 Å². The molecule has 2 rings (SSSR count). The van der Waals surface area contributed by atoms with Gasteiger partial charge in [0, 0.05) is 18.8 Å². The van der Waals surface area contributed by atoms with Gasteiger partial charge in [-0.3, -0.25) is 9.59 Å². The fraction of sp³-hybridized carbons (Fsp3) is 0.714. The van der Waals surface area contributed by atoms with E-state index in [0.717, 1.165) is 12.8 Å². The molecule has 1 N–H and O–H groups in total. The first-order valence-corrected chi connectivity index (χ1v) is 7.50. The van der Waals surface area contributed by atoms with Gasteiger partial charge in [0.2, 0.25) is 5.91 Å². The second-order valence-electron chi connectivity index (χ2n) is 5.45. The van der Waals surface area contributed by atoms with E-state index in [2.05, 4.69) is 10.3 Å². The van der Waals surface area contributed by atoms with Gasteiger partial charge in [-0.15, -0.1) is 5.10 Å². The van der Waals surface area contributed by atoms with Crippen molar-refractivity contribution < 1.29 is 14.7 Å². The number of nitrogens with zero attached hydrogens (tertiary/aromatic N) is 4. The molecule has 1 aliphatic rings. The summed E-state index contributed by atoms with van der Waals surface area (Å²) >= 11 is 0. The molecular formula is C14H22N4O3. The van der Waals surface area contributed by atoms with Gasteiger partial charge in [0.25, 0.3) is 0 Å². The molecule has 0 bridgehead atoms. The van der Waals surface area contributed by atoms with E-state index in [0.29, 0.717) is 18.3 Å². The van der Waals surface area contributed by atoms with Crippen LogP contribution >= 0.6 is 0 Å². The van der Waals surface area contributed by atoms with Gasteiger partial charge >= 0.3 is 5.97 Å². The Morgan fingerprint density at radius 2 is 2.10 bits per heavy atom. The Morgan fingerprint density at radius 1 is 1.38 bits per heavy atom. The molecular weight excluding hydrogens is 272 g/mol. The lowest BCUT2D eigenvalue weighted by Crippen LogP contribution is -2.43. The van der Waals surface area contributed by atoms with Crippen molar-refractivity contribution in [1.82, 2.24) is 19.9 Å². The standard InChI is InChI=1S/C14H22N4O3/c1-2-18(12-6-4-3-5-7-12)13(19)10-17-9-11(15-16-17)8-14(20)21/h9,12H,2-8,10H2,1H3,(H,20,21). The smallest absolute Gasteiger partial charge is 0.309 e. The summed E-state index contributed by atoms with van der Waals surface area (Å²) in [4.78, 5) is 24.9. The maximum absolute atomic E-state index is 12.4. The van der Waals surface area contributed by atoms with Crippen LogP contribution in [0.3, 0.4) is 0 Å². The quantitative estimate of drug-likeness (QED) is 0.848. The number of carbonyl (C=O) groups is 2. The zero-order chi connectivity index (χ0) is 15.2.